The molecule has 146 valence electrons. The molecule has 1 aliphatic heterocycles. The maximum atomic E-state index is 8.96. The van der Waals surface area contributed by atoms with Crippen molar-refractivity contribution in [3.05, 3.63) is 53.3 Å². The largest absolute Gasteiger partial charge is 0.372 e. The van der Waals surface area contributed by atoms with Gasteiger partial charge in [0.15, 0.2) is 0 Å². The zero-order valence-electron chi connectivity index (χ0n) is 17.0. The number of rotatable bonds is 3. The smallest absolute Gasteiger partial charge is 0.204 e. The van der Waals surface area contributed by atoms with Gasteiger partial charge in [0.05, 0.1) is 24.7 Å². The van der Waals surface area contributed by atoms with E-state index in [2.05, 4.69) is 76.0 Å². The van der Waals surface area contributed by atoms with E-state index in [9.17, 15) is 0 Å². The van der Waals surface area contributed by atoms with E-state index in [1.165, 1.54) is 11.1 Å². The molecule has 0 saturated carbocycles. The fraction of sp³-hybridized carbons (Fsp3) is 0.455. The zero-order valence-corrected chi connectivity index (χ0v) is 17.0. The molecule has 0 fully saturated rings. The van der Waals surface area contributed by atoms with Gasteiger partial charge in [0, 0.05) is 11.9 Å². The van der Waals surface area contributed by atoms with Crippen LogP contribution in [0.15, 0.2) is 42.1 Å². The summed E-state index contributed by atoms with van der Waals surface area (Å²) in [5.41, 5.74) is 8.63. The van der Waals surface area contributed by atoms with Gasteiger partial charge in [-0.3, -0.25) is 4.79 Å². The van der Waals surface area contributed by atoms with Crippen molar-refractivity contribution in [2.45, 2.75) is 65.1 Å². The summed E-state index contributed by atoms with van der Waals surface area (Å²) >= 11 is 0. The Labute approximate surface area is 162 Å². The number of nitrogens with two attached hydrogens (primary N) is 1. The Hall–Kier alpha value is -2.58. The van der Waals surface area contributed by atoms with Crippen molar-refractivity contribution in [1.29, 1.82) is 5.26 Å². The van der Waals surface area contributed by atoms with Crippen LogP contribution in [0, 0.1) is 11.3 Å². The normalized spacial score (nSPS) is 18.4. The number of primary amides is 1. The summed E-state index contributed by atoms with van der Waals surface area (Å²) in [7, 11) is 0. The first-order chi connectivity index (χ1) is 12.6. The fourth-order valence-electron chi connectivity index (χ4n) is 2.69. The van der Waals surface area contributed by atoms with Crippen molar-refractivity contribution < 1.29 is 9.53 Å². The third kappa shape index (κ3) is 7.67. The van der Waals surface area contributed by atoms with Gasteiger partial charge in [-0.15, -0.1) is 0 Å². The van der Waals surface area contributed by atoms with Gasteiger partial charge in [0.25, 0.3) is 0 Å². The highest BCUT2D eigenvalue weighted by molar-refractivity contribution is 5.58. The molecule has 1 amide bonds. The highest BCUT2D eigenvalue weighted by atomic mass is 16.5. The third-order valence-electron chi connectivity index (χ3n) is 4.18. The summed E-state index contributed by atoms with van der Waals surface area (Å²) in [5, 5.41) is 12.3. The average molecular weight is 370 g/mol. The van der Waals surface area contributed by atoms with Crippen LogP contribution in [0.3, 0.4) is 0 Å². The SMILES string of the molecule is CC(C)(C)OCc1ccc2c(c1)C(C)(C)C/C=C(CC#N)\C=C/N2.NC=O. The maximum absolute atomic E-state index is 8.96. The number of anilines is 1. The van der Waals surface area contributed by atoms with Crippen molar-refractivity contribution in [2.75, 3.05) is 5.32 Å². The number of benzene rings is 1. The molecule has 0 aliphatic carbocycles. The summed E-state index contributed by atoms with van der Waals surface area (Å²) in [5.74, 6) is 0. The van der Waals surface area contributed by atoms with Crippen LogP contribution < -0.4 is 11.1 Å². The second-order valence-corrected chi connectivity index (χ2v) is 8.10. The van der Waals surface area contributed by atoms with Gasteiger partial charge in [0.2, 0.25) is 6.41 Å². The van der Waals surface area contributed by atoms with Crippen molar-refractivity contribution in [3.63, 3.8) is 0 Å². The molecule has 0 radical (unpaired) electrons. The molecule has 5 heteroatoms. The molecule has 1 aliphatic rings. The molecule has 3 N–H and O–H groups in total. The molecule has 27 heavy (non-hydrogen) atoms. The third-order valence-corrected chi connectivity index (χ3v) is 4.18. The number of fused-ring (bicyclic) bond motifs is 1. The van der Waals surface area contributed by atoms with Gasteiger partial charge in [-0.1, -0.05) is 32.1 Å². The Balaban J connectivity index is 0.00000114. The van der Waals surface area contributed by atoms with Crippen LogP contribution >= 0.6 is 0 Å². The number of allylic oxidation sites excluding steroid dienone is 3. The van der Waals surface area contributed by atoms with Gasteiger partial charge < -0.3 is 15.8 Å². The number of amides is 1. The molecule has 2 rings (SSSR count). The molecule has 0 aromatic heterocycles. The van der Waals surface area contributed by atoms with Gasteiger partial charge in [0.1, 0.15) is 0 Å². The minimum atomic E-state index is -0.146. The number of ether oxygens (including phenoxy) is 1. The highest BCUT2D eigenvalue weighted by Crippen LogP contribution is 2.35. The number of nitrogens with one attached hydrogen (secondary N) is 1. The summed E-state index contributed by atoms with van der Waals surface area (Å²) < 4.78 is 5.92. The van der Waals surface area contributed by atoms with Gasteiger partial charge in [-0.25, -0.2) is 0 Å². The Bertz CT molecular complexity index is 735. The first kappa shape index (κ1) is 22.5. The van der Waals surface area contributed by atoms with Crippen LogP contribution in [0.5, 0.6) is 0 Å². The van der Waals surface area contributed by atoms with Crippen molar-refractivity contribution in [1.82, 2.24) is 0 Å². The predicted molar refractivity (Wildman–Crippen MR) is 110 cm³/mol. The van der Waals surface area contributed by atoms with Gasteiger partial charge >= 0.3 is 0 Å². The summed E-state index contributed by atoms with van der Waals surface area (Å²) in [6, 6.07) is 8.71. The lowest BCUT2D eigenvalue weighted by Crippen LogP contribution is -2.20. The van der Waals surface area contributed by atoms with Crippen LogP contribution in [-0.4, -0.2) is 12.0 Å². The molecule has 1 heterocycles. The highest BCUT2D eigenvalue weighted by Gasteiger charge is 2.24. The van der Waals surface area contributed by atoms with Gasteiger partial charge in [-0.2, -0.15) is 5.26 Å². The molecule has 0 saturated heterocycles. The number of hydrogen-bond donors (Lipinski definition) is 2. The van der Waals surface area contributed by atoms with E-state index in [0.29, 0.717) is 13.0 Å². The van der Waals surface area contributed by atoms with Crippen molar-refractivity contribution in [3.8, 4) is 6.07 Å². The lowest BCUT2D eigenvalue weighted by Gasteiger charge is -2.27. The van der Waals surface area contributed by atoms with E-state index in [-0.39, 0.29) is 17.4 Å². The number of nitrogens with zero attached hydrogens (tertiary/aromatic N) is 1. The first-order valence-electron chi connectivity index (χ1n) is 9.05. The Kier molecular flexibility index (Phi) is 8.27. The average Bonchev–Trinajstić information content (AvgIpc) is 2.63. The molecule has 0 unspecified atom stereocenters. The van der Waals surface area contributed by atoms with Crippen LogP contribution in [0.1, 0.15) is 58.6 Å². The van der Waals surface area contributed by atoms with E-state index in [1.54, 1.807) is 0 Å². The Morgan fingerprint density at radius 1 is 1.37 bits per heavy atom. The monoisotopic (exact) mass is 369 g/mol. The fourth-order valence-corrected chi connectivity index (χ4v) is 2.69. The van der Waals surface area contributed by atoms with Gasteiger partial charge in [-0.05, 0) is 61.4 Å². The molecular weight excluding hydrogens is 338 g/mol. The van der Waals surface area contributed by atoms with E-state index in [1.807, 2.05) is 12.3 Å². The standard InChI is InChI=1S/C21H28N2O.CH3NO/c1-20(2,3)24-15-17-6-7-19-18(14-17)21(4,5)11-8-16(9-12-22)10-13-23-19;2-1-3/h6-8,10,13-14,23H,9,11,15H2,1-5H3;1H,(H2,2,3)/b13-10-,16-8-;. The molecular formula is C22H31N3O2. The lowest BCUT2D eigenvalue weighted by atomic mass is 9.79. The quantitative estimate of drug-likeness (QED) is 0.765. The Morgan fingerprint density at radius 3 is 2.63 bits per heavy atom. The van der Waals surface area contributed by atoms with E-state index in [0.717, 1.165) is 17.7 Å². The molecule has 1 aromatic carbocycles. The molecule has 5 nitrogen and oxygen atoms in total. The zero-order chi connectivity index (χ0) is 20.5. The minimum absolute atomic E-state index is 0.0210. The van der Waals surface area contributed by atoms with E-state index in [4.69, 9.17) is 14.8 Å². The predicted octanol–water partition coefficient (Wildman–Crippen LogP) is 4.55. The summed E-state index contributed by atoms with van der Waals surface area (Å²) in [4.78, 5) is 8.58. The molecule has 1 aromatic rings. The van der Waals surface area contributed by atoms with Crippen molar-refractivity contribution >= 4 is 12.1 Å². The van der Waals surface area contributed by atoms with Crippen molar-refractivity contribution in [2.24, 2.45) is 5.73 Å². The second-order valence-electron chi connectivity index (χ2n) is 8.10. The maximum Gasteiger partial charge on any atom is 0.204 e. The van der Waals surface area contributed by atoms with Crippen LogP contribution in [0.2, 0.25) is 0 Å². The lowest BCUT2D eigenvalue weighted by molar-refractivity contribution is -0.106. The number of hydrogen-bond acceptors (Lipinski definition) is 4. The molecule has 0 atom stereocenters. The topological polar surface area (TPSA) is 88.1 Å². The molecule has 0 bridgehead atoms. The minimum Gasteiger partial charge on any atom is -0.372 e. The number of carbonyl (C=O) groups excluding carboxylic acids is 1. The number of carbonyl (C=O) groups is 1. The van der Waals surface area contributed by atoms with Crippen LogP contribution in [0.4, 0.5) is 5.69 Å². The molecule has 0 spiro atoms. The second kappa shape index (κ2) is 9.94. The number of nitriles is 1. The summed E-state index contributed by atoms with van der Waals surface area (Å²) in [6.07, 6.45) is 7.68. The summed E-state index contributed by atoms with van der Waals surface area (Å²) in [6.45, 7) is 11.3. The Morgan fingerprint density at radius 2 is 2.04 bits per heavy atom. The van der Waals surface area contributed by atoms with Crippen LogP contribution in [-0.2, 0) is 21.6 Å². The van der Waals surface area contributed by atoms with E-state index < -0.39 is 0 Å². The van der Waals surface area contributed by atoms with Crippen LogP contribution in [0.25, 0.3) is 0 Å². The first-order valence-corrected chi connectivity index (χ1v) is 9.05. The van der Waals surface area contributed by atoms with E-state index >= 15 is 0 Å².